The lowest BCUT2D eigenvalue weighted by molar-refractivity contribution is 0.0682. The topological polar surface area (TPSA) is 115 Å². The van der Waals surface area contributed by atoms with Crippen molar-refractivity contribution in [2.45, 2.75) is 32.8 Å². The molecule has 1 atom stereocenters. The van der Waals surface area contributed by atoms with Crippen molar-refractivity contribution in [3.05, 3.63) is 17.7 Å². The highest BCUT2D eigenvalue weighted by Gasteiger charge is 2.21. The van der Waals surface area contributed by atoms with E-state index in [0.717, 1.165) is 19.2 Å². The van der Waals surface area contributed by atoms with Gasteiger partial charge in [-0.15, -0.1) is 0 Å². The quantitative estimate of drug-likeness (QED) is 0.579. The van der Waals surface area contributed by atoms with E-state index in [0.29, 0.717) is 0 Å². The highest BCUT2D eigenvalue weighted by Crippen LogP contribution is 2.12. The average molecular weight is 269 g/mol. The Hall–Kier alpha value is -1.89. The number of H-pyrrole nitrogens is 1. The van der Waals surface area contributed by atoms with E-state index in [2.05, 4.69) is 15.3 Å². The van der Waals surface area contributed by atoms with Crippen LogP contribution >= 0.6 is 0 Å². The molecular weight excluding hydrogens is 250 g/mol. The van der Waals surface area contributed by atoms with Crippen molar-refractivity contribution in [3.8, 4) is 0 Å². The van der Waals surface area contributed by atoms with Gasteiger partial charge in [-0.3, -0.25) is 4.79 Å². The van der Waals surface area contributed by atoms with Crippen molar-refractivity contribution in [1.29, 1.82) is 0 Å². The predicted octanol–water partition coefficient (Wildman–Crippen LogP) is 0.635. The Labute approximate surface area is 111 Å². The van der Waals surface area contributed by atoms with Crippen LogP contribution in [0.25, 0.3) is 0 Å². The molecular formula is C12H19N3O4. The summed E-state index contributed by atoms with van der Waals surface area (Å²) in [7, 11) is 0. The van der Waals surface area contributed by atoms with Crippen LogP contribution in [0.5, 0.6) is 0 Å². The maximum Gasteiger partial charge on any atom is 0.354 e. The van der Waals surface area contributed by atoms with Crippen LogP contribution < -0.4 is 5.32 Å². The molecule has 1 unspecified atom stereocenters. The van der Waals surface area contributed by atoms with Crippen molar-refractivity contribution in [1.82, 2.24) is 15.3 Å². The number of rotatable bonds is 7. The first kappa shape index (κ1) is 15.2. The van der Waals surface area contributed by atoms with E-state index >= 15 is 0 Å². The van der Waals surface area contributed by atoms with Crippen LogP contribution in [0.3, 0.4) is 0 Å². The van der Waals surface area contributed by atoms with E-state index in [-0.39, 0.29) is 23.9 Å². The van der Waals surface area contributed by atoms with Gasteiger partial charge in [-0.2, -0.15) is 0 Å². The molecule has 1 rings (SSSR count). The molecule has 0 spiro atoms. The van der Waals surface area contributed by atoms with Gasteiger partial charge in [0.2, 0.25) is 0 Å². The zero-order valence-corrected chi connectivity index (χ0v) is 11.0. The van der Waals surface area contributed by atoms with Crippen LogP contribution in [-0.2, 0) is 0 Å². The van der Waals surface area contributed by atoms with Gasteiger partial charge in [-0.1, -0.05) is 26.7 Å². The van der Waals surface area contributed by atoms with E-state index in [1.54, 1.807) is 0 Å². The molecule has 106 valence electrons. The first-order valence-electron chi connectivity index (χ1n) is 6.24. The third kappa shape index (κ3) is 3.78. The molecule has 1 aromatic heterocycles. The first-order valence-corrected chi connectivity index (χ1v) is 6.24. The van der Waals surface area contributed by atoms with Crippen molar-refractivity contribution in [2.24, 2.45) is 5.92 Å². The number of amides is 1. The van der Waals surface area contributed by atoms with Gasteiger partial charge in [0.05, 0.1) is 12.4 Å². The summed E-state index contributed by atoms with van der Waals surface area (Å²) in [6.45, 7) is 4.02. The second-order valence-electron chi connectivity index (χ2n) is 4.29. The number of aromatic amines is 1. The summed E-state index contributed by atoms with van der Waals surface area (Å²) in [4.78, 5) is 28.6. The first-order chi connectivity index (χ1) is 9.01. The van der Waals surface area contributed by atoms with Gasteiger partial charge < -0.3 is 20.5 Å². The minimum absolute atomic E-state index is 0.0805. The molecule has 0 aliphatic rings. The Morgan fingerprint density at radius 3 is 2.58 bits per heavy atom. The fourth-order valence-electron chi connectivity index (χ4n) is 1.91. The summed E-state index contributed by atoms with van der Waals surface area (Å²) in [5.41, 5.74) is -0.432. The molecule has 0 aliphatic heterocycles. The van der Waals surface area contributed by atoms with Crippen LogP contribution in [0.4, 0.5) is 0 Å². The molecule has 1 heterocycles. The number of carbonyl (C=O) groups is 2. The zero-order chi connectivity index (χ0) is 14.4. The number of aliphatic hydroxyl groups is 1. The molecule has 1 aromatic rings. The largest absolute Gasteiger partial charge is 0.477 e. The number of nitrogens with one attached hydrogen (secondary N) is 2. The number of hydrogen-bond donors (Lipinski definition) is 4. The lowest BCUT2D eigenvalue weighted by atomic mass is 9.96. The van der Waals surface area contributed by atoms with E-state index in [1.807, 2.05) is 13.8 Å². The van der Waals surface area contributed by atoms with Crippen LogP contribution in [0.15, 0.2) is 6.33 Å². The van der Waals surface area contributed by atoms with Gasteiger partial charge in [-0.25, -0.2) is 9.78 Å². The summed E-state index contributed by atoms with van der Waals surface area (Å²) in [6, 6.07) is 0. The van der Waals surface area contributed by atoms with Crippen molar-refractivity contribution < 1.29 is 19.8 Å². The number of carbonyl (C=O) groups excluding carboxylic acids is 1. The van der Waals surface area contributed by atoms with E-state index < -0.39 is 18.0 Å². The highest BCUT2D eigenvalue weighted by atomic mass is 16.4. The predicted molar refractivity (Wildman–Crippen MR) is 68.0 cm³/mol. The van der Waals surface area contributed by atoms with Crippen LogP contribution in [-0.4, -0.2) is 44.7 Å². The van der Waals surface area contributed by atoms with Gasteiger partial charge >= 0.3 is 5.97 Å². The molecule has 19 heavy (non-hydrogen) atoms. The zero-order valence-electron chi connectivity index (χ0n) is 11.0. The van der Waals surface area contributed by atoms with Gasteiger partial charge in [0, 0.05) is 6.54 Å². The second-order valence-corrected chi connectivity index (χ2v) is 4.29. The maximum atomic E-state index is 11.8. The monoisotopic (exact) mass is 269 g/mol. The number of hydrogen-bond acceptors (Lipinski definition) is 4. The Kier molecular flexibility index (Phi) is 5.50. The Morgan fingerprint density at radius 2 is 2.05 bits per heavy atom. The smallest absolute Gasteiger partial charge is 0.354 e. The molecule has 0 fully saturated rings. The molecule has 1 amide bonds. The number of carboxylic acids is 1. The number of aliphatic hydroxyl groups excluding tert-OH is 1. The second kappa shape index (κ2) is 6.89. The fourth-order valence-corrected chi connectivity index (χ4v) is 1.91. The third-order valence-corrected chi connectivity index (χ3v) is 3.13. The molecule has 7 heteroatoms. The van der Waals surface area contributed by atoms with Gasteiger partial charge in [0.15, 0.2) is 11.4 Å². The van der Waals surface area contributed by atoms with Crippen molar-refractivity contribution >= 4 is 11.9 Å². The van der Waals surface area contributed by atoms with Gasteiger partial charge in [-0.05, 0) is 5.92 Å². The summed E-state index contributed by atoms with van der Waals surface area (Å²) in [5, 5.41) is 21.2. The van der Waals surface area contributed by atoms with Crippen LogP contribution in [0.1, 0.15) is 47.7 Å². The van der Waals surface area contributed by atoms with Crippen LogP contribution in [0.2, 0.25) is 0 Å². The van der Waals surface area contributed by atoms with Crippen molar-refractivity contribution in [2.75, 3.05) is 6.54 Å². The van der Waals surface area contributed by atoms with Gasteiger partial charge in [0.25, 0.3) is 5.91 Å². The molecule has 0 aromatic carbocycles. The lowest BCUT2D eigenvalue weighted by Gasteiger charge is -2.20. The van der Waals surface area contributed by atoms with Crippen molar-refractivity contribution in [3.63, 3.8) is 0 Å². The lowest BCUT2D eigenvalue weighted by Crippen LogP contribution is -2.36. The molecule has 4 N–H and O–H groups in total. The Balaban J connectivity index is 2.60. The standard InChI is InChI=1S/C12H19N3O4/c1-3-7(4-2)8(16)5-13-11(17)9-10(12(18)19)15-6-14-9/h6-8,16H,3-5H2,1-2H3,(H,13,17)(H,14,15)(H,18,19). The van der Waals surface area contributed by atoms with Crippen LogP contribution in [0, 0.1) is 5.92 Å². The molecule has 0 saturated carbocycles. The Bertz CT molecular complexity index is 440. The molecule has 0 bridgehead atoms. The molecule has 0 radical (unpaired) electrons. The number of carboxylic acid groups (broad SMARTS) is 1. The summed E-state index contributed by atoms with van der Waals surface area (Å²) >= 11 is 0. The van der Waals surface area contributed by atoms with E-state index in [9.17, 15) is 14.7 Å². The van der Waals surface area contributed by atoms with Gasteiger partial charge in [0.1, 0.15) is 0 Å². The number of aromatic nitrogens is 2. The summed E-state index contributed by atoms with van der Waals surface area (Å²) < 4.78 is 0. The van der Waals surface area contributed by atoms with E-state index in [4.69, 9.17) is 5.11 Å². The highest BCUT2D eigenvalue weighted by molar-refractivity contribution is 6.02. The minimum atomic E-state index is -1.25. The normalized spacial score (nSPS) is 12.4. The number of aromatic carboxylic acids is 1. The SMILES string of the molecule is CCC(CC)C(O)CNC(=O)c1nc[nH]c1C(=O)O. The maximum absolute atomic E-state index is 11.8. The summed E-state index contributed by atoms with van der Waals surface area (Å²) in [6.07, 6.45) is 2.13. The Morgan fingerprint density at radius 1 is 1.42 bits per heavy atom. The number of imidazole rings is 1. The molecule has 7 nitrogen and oxygen atoms in total. The summed E-state index contributed by atoms with van der Waals surface area (Å²) in [5.74, 6) is -1.75. The fraction of sp³-hybridized carbons (Fsp3) is 0.583. The van der Waals surface area contributed by atoms with E-state index in [1.165, 1.54) is 0 Å². The number of nitrogens with zero attached hydrogens (tertiary/aromatic N) is 1. The average Bonchev–Trinajstić information content (AvgIpc) is 2.86. The third-order valence-electron chi connectivity index (χ3n) is 3.13. The molecule has 0 aliphatic carbocycles. The molecule has 0 saturated heterocycles. The minimum Gasteiger partial charge on any atom is -0.477 e.